The Morgan fingerprint density at radius 1 is 0.566 bits per heavy atom. The molecule has 0 N–H and O–H groups in total. The molecule has 0 aliphatic heterocycles. The summed E-state index contributed by atoms with van der Waals surface area (Å²) in [6.45, 7) is 6.21. The Labute approximate surface area is 313 Å². The Hall–Kier alpha value is -6.36. The van der Waals surface area contributed by atoms with Crippen LogP contribution in [0.4, 0.5) is 0 Å². The summed E-state index contributed by atoms with van der Waals surface area (Å²) < 4.78 is 5.03. The lowest BCUT2D eigenvalue weighted by molar-refractivity contribution is 1.18. The molecular weight excluding hydrogens is 663 g/mol. The van der Waals surface area contributed by atoms with E-state index in [1.165, 1.54) is 47.6 Å². The molecule has 3 nitrogen and oxygen atoms in total. The van der Waals surface area contributed by atoms with E-state index in [2.05, 4.69) is 170 Å². The van der Waals surface area contributed by atoms with Crippen molar-refractivity contribution in [3.05, 3.63) is 192 Å². The van der Waals surface area contributed by atoms with E-state index in [-0.39, 0.29) is 0 Å². The highest BCUT2D eigenvalue weighted by Crippen LogP contribution is 2.41. The van der Waals surface area contributed by atoms with E-state index in [0.717, 1.165) is 44.8 Å². The van der Waals surface area contributed by atoms with Gasteiger partial charge in [-0.2, -0.15) is 0 Å². The van der Waals surface area contributed by atoms with Crippen molar-refractivity contribution in [2.24, 2.45) is 9.98 Å². The third-order valence-corrected chi connectivity index (χ3v) is 11.3. The summed E-state index contributed by atoms with van der Waals surface area (Å²) in [5.41, 5.74) is 11.9. The number of aliphatic imine (C=N–C) groups is 2. The van der Waals surface area contributed by atoms with Gasteiger partial charge in [0.05, 0.1) is 16.7 Å². The fraction of sp³-hybridized carbons (Fsp3) is 0.0612. The van der Waals surface area contributed by atoms with Gasteiger partial charge in [-0.05, 0) is 73.4 Å². The van der Waals surface area contributed by atoms with Crippen LogP contribution in [0.1, 0.15) is 36.1 Å². The van der Waals surface area contributed by atoms with Gasteiger partial charge in [-0.1, -0.05) is 145 Å². The van der Waals surface area contributed by atoms with Crippen molar-refractivity contribution in [3.8, 4) is 16.8 Å². The van der Waals surface area contributed by atoms with Gasteiger partial charge >= 0.3 is 0 Å². The molecule has 254 valence electrons. The zero-order valence-electron chi connectivity index (χ0n) is 29.9. The first-order valence-electron chi connectivity index (χ1n) is 18.0. The van der Waals surface area contributed by atoms with E-state index >= 15 is 0 Å². The lowest BCUT2D eigenvalue weighted by Gasteiger charge is -2.12. The van der Waals surface area contributed by atoms with Crippen molar-refractivity contribution < 1.29 is 0 Å². The normalized spacial score (nSPS) is 12.8. The molecule has 0 spiro atoms. The minimum absolute atomic E-state index is 0.667. The largest absolute Gasteiger partial charge is 0.309 e. The van der Waals surface area contributed by atoms with Crippen LogP contribution in [0.5, 0.6) is 0 Å². The van der Waals surface area contributed by atoms with Gasteiger partial charge in [-0.15, -0.1) is 11.3 Å². The summed E-state index contributed by atoms with van der Waals surface area (Å²) >= 11 is 1.87. The van der Waals surface area contributed by atoms with Crippen molar-refractivity contribution in [2.45, 2.75) is 20.8 Å². The predicted molar refractivity (Wildman–Crippen MR) is 229 cm³/mol. The van der Waals surface area contributed by atoms with Crippen LogP contribution in [0.15, 0.2) is 180 Å². The zero-order chi connectivity index (χ0) is 35.9. The second-order valence-electron chi connectivity index (χ2n) is 13.5. The molecule has 2 heterocycles. The predicted octanol–water partition coefficient (Wildman–Crippen LogP) is 13.4. The number of para-hydroxylation sites is 1. The summed E-state index contributed by atoms with van der Waals surface area (Å²) in [6, 6.07) is 58.5. The van der Waals surface area contributed by atoms with Crippen LogP contribution < -0.4 is 0 Å². The van der Waals surface area contributed by atoms with Gasteiger partial charge < -0.3 is 4.57 Å². The average molecular weight is 700 g/mol. The molecule has 9 aromatic rings. The number of rotatable bonds is 6. The van der Waals surface area contributed by atoms with Crippen LogP contribution in [0.2, 0.25) is 0 Å². The van der Waals surface area contributed by atoms with Crippen molar-refractivity contribution in [1.82, 2.24) is 4.57 Å². The fourth-order valence-electron chi connectivity index (χ4n) is 7.44. The molecule has 0 atom stereocenters. The third-order valence-electron chi connectivity index (χ3n) is 10.0. The number of aromatic nitrogens is 1. The minimum atomic E-state index is 0.667. The molecule has 0 saturated heterocycles. The maximum atomic E-state index is 5.25. The topological polar surface area (TPSA) is 29.6 Å². The highest BCUT2D eigenvalue weighted by atomic mass is 32.1. The van der Waals surface area contributed by atoms with E-state index in [1.807, 2.05) is 36.5 Å². The first kappa shape index (κ1) is 32.5. The number of nitrogens with zero attached hydrogens (tertiary/aromatic N) is 3. The molecule has 0 saturated carbocycles. The summed E-state index contributed by atoms with van der Waals surface area (Å²) in [5, 5.41) is 5.07. The fourth-order valence-corrected chi connectivity index (χ4v) is 8.68. The Kier molecular flexibility index (Phi) is 8.38. The van der Waals surface area contributed by atoms with E-state index in [0.29, 0.717) is 5.84 Å². The molecule has 7 aromatic carbocycles. The molecule has 0 aliphatic rings. The van der Waals surface area contributed by atoms with Gasteiger partial charge in [0.25, 0.3) is 0 Å². The molecule has 9 rings (SSSR count). The lowest BCUT2D eigenvalue weighted by atomic mass is 10.0. The van der Waals surface area contributed by atoms with Crippen LogP contribution in [-0.4, -0.2) is 16.1 Å². The zero-order valence-corrected chi connectivity index (χ0v) is 30.7. The molecule has 0 fully saturated rings. The number of benzene rings is 7. The van der Waals surface area contributed by atoms with Gasteiger partial charge in [0.2, 0.25) is 0 Å². The Morgan fingerprint density at radius 2 is 1.26 bits per heavy atom. The van der Waals surface area contributed by atoms with E-state index in [4.69, 9.17) is 9.98 Å². The maximum Gasteiger partial charge on any atom is 0.160 e. The van der Waals surface area contributed by atoms with Crippen LogP contribution in [-0.2, 0) is 0 Å². The van der Waals surface area contributed by atoms with Crippen molar-refractivity contribution in [1.29, 1.82) is 0 Å². The van der Waals surface area contributed by atoms with E-state index in [1.54, 1.807) is 0 Å². The van der Waals surface area contributed by atoms with Gasteiger partial charge in [0, 0.05) is 47.9 Å². The molecule has 2 aromatic heterocycles. The lowest BCUT2D eigenvalue weighted by Crippen LogP contribution is -2.06. The van der Waals surface area contributed by atoms with Crippen LogP contribution in [0, 0.1) is 6.92 Å². The number of allylic oxidation sites excluding steroid dienone is 1. The Balaban J connectivity index is 1.23. The standard InChI is InChI=1S/C49H37N3S/c1-4-44(34-16-6-5-7-17-34)51-49(50-33(3)35-18-12-15-32(2)29-35)37-19-13-20-38(30-37)52-45-25-10-8-21-40(45)41-28-27-36(31-46(41)52)39-23-14-24-43-42-22-9-11-26-47(42)53-48(39)43/h4-31H,1-3H3/b44-4-,50-33?,51-49?. The Morgan fingerprint density at radius 3 is 2.11 bits per heavy atom. The van der Waals surface area contributed by atoms with E-state index < -0.39 is 0 Å². The highest BCUT2D eigenvalue weighted by molar-refractivity contribution is 7.26. The monoisotopic (exact) mass is 699 g/mol. The van der Waals surface area contributed by atoms with E-state index in [9.17, 15) is 0 Å². The summed E-state index contributed by atoms with van der Waals surface area (Å²) in [4.78, 5) is 10.5. The molecule has 4 heteroatoms. The molecule has 0 radical (unpaired) electrons. The number of fused-ring (bicyclic) bond motifs is 6. The second kappa shape index (κ2) is 13.6. The number of hydrogen-bond donors (Lipinski definition) is 0. The number of hydrogen-bond acceptors (Lipinski definition) is 2. The number of aryl methyl sites for hydroxylation is 1. The average Bonchev–Trinajstić information content (AvgIpc) is 3.75. The molecule has 0 bridgehead atoms. The number of thiophene rings is 1. The van der Waals surface area contributed by atoms with Crippen molar-refractivity contribution >= 4 is 70.6 Å². The molecular formula is C49H37N3S. The quantitative estimate of drug-likeness (QED) is 0.122. The van der Waals surface area contributed by atoms with Crippen LogP contribution >= 0.6 is 11.3 Å². The first-order chi connectivity index (χ1) is 26.1. The molecule has 0 unspecified atom stereocenters. The molecule has 53 heavy (non-hydrogen) atoms. The molecule has 0 aliphatic carbocycles. The first-order valence-corrected chi connectivity index (χ1v) is 18.8. The van der Waals surface area contributed by atoms with Gasteiger partial charge in [-0.25, -0.2) is 9.98 Å². The van der Waals surface area contributed by atoms with Crippen molar-refractivity contribution in [2.75, 3.05) is 0 Å². The minimum Gasteiger partial charge on any atom is -0.309 e. The maximum absolute atomic E-state index is 5.25. The smallest absolute Gasteiger partial charge is 0.160 e. The van der Waals surface area contributed by atoms with Crippen LogP contribution in [0.3, 0.4) is 0 Å². The van der Waals surface area contributed by atoms with Crippen LogP contribution in [0.25, 0.3) is 64.5 Å². The summed E-state index contributed by atoms with van der Waals surface area (Å²) in [5.74, 6) is 0.667. The summed E-state index contributed by atoms with van der Waals surface area (Å²) in [7, 11) is 0. The highest BCUT2D eigenvalue weighted by Gasteiger charge is 2.17. The summed E-state index contributed by atoms with van der Waals surface area (Å²) in [6.07, 6.45) is 2.06. The Bertz CT molecular complexity index is 2920. The third kappa shape index (κ3) is 5.97. The SMILES string of the molecule is C/C=C(\N=C(N=C(C)c1cccc(C)c1)c1cccc(-n2c3ccccc3c3ccc(-c4cccc5c4sc4ccccc45)cc32)c1)c1ccccc1. The van der Waals surface area contributed by atoms with Gasteiger partial charge in [0.1, 0.15) is 0 Å². The molecule has 0 amide bonds. The van der Waals surface area contributed by atoms with Gasteiger partial charge in [-0.3, -0.25) is 0 Å². The van der Waals surface area contributed by atoms with Crippen molar-refractivity contribution in [3.63, 3.8) is 0 Å². The van der Waals surface area contributed by atoms with Gasteiger partial charge in [0.15, 0.2) is 5.84 Å². The number of amidine groups is 1. The second-order valence-corrected chi connectivity index (χ2v) is 14.5.